The van der Waals surface area contributed by atoms with Gasteiger partial charge in [0.05, 0.1) is 6.26 Å². The molecule has 1 unspecified atom stereocenters. The largest absolute Gasteiger partial charge is 0.469 e. The number of rotatable bonds is 5. The van der Waals surface area contributed by atoms with Gasteiger partial charge >= 0.3 is 0 Å². The highest BCUT2D eigenvalue weighted by Gasteiger charge is 2.09. The summed E-state index contributed by atoms with van der Waals surface area (Å²) in [5, 5.41) is 11.3. The van der Waals surface area contributed by atoms with Crippen molar-refractivity contribution >= 4 is 11.5 Å². The monoisotopic (exact) mass is 257 g/mol. The fourth-order valence-corrected chi connectivity index (χ4v) is 1.98. The molecule has 0 aliphatic heterocycles. The van der Waals surface area contributed by atoms with Crippen LogP contribution in [-0.2, 0) is 6.42 Å². The maximum absolute atomic E-state index is 5.32. The molecule has 0 aliphatic carbocycles. The second-order valence-corrected chi connectivity index (χ2v) is 4.50. The minimum Gasteiger partial charge on any atom is -0.469 e. The third-order valence-corrected chi connectivity index (χ3v) is 3.00. The Hall–Kier alpha value is -2.37. The number of fused-ring (bicyclic) bond motifs is 1. The summed E-state index contributed by atoms with van der Waals surface area (Å²) in [6.07, 6.45) is 8.79. The maximum Gasteiger partial charge on any atom is 0.203 e. The SMILES string of the molecule is CC(CCc1ccco1)Nc1nccn2cnnc12. The summed E-state index contributed by atoms with van der Waals surface area (Å²) in [5.74, 6) is 1.76. The van der Waals surface area contributed by atoms with Crippen molar-refractivity contribution in [3.63, 3.8) is 0 Å². The zero-order chi connectivity index (χ0) is 13.1. The van der Waals surface area contributed by atoms with Crippen molar-refractivity contribution < 1.29 is 4.42 Å². The van der Waals surface area contributed by atoms with Gasteiger partial charge in [-0.3, -0.25) is 4.40 Å². The molecule has 3 aromatic heterocycles. The first kappa shape index (κ1) is 11.7. The molecule has 0 amide bonds. The second-order valence-electron chi connectivity index (χ2n) is 4.50. The van der Waals surface area contributed by atoms with E-state index in [0.29, 0.717) is 0 Å². The third-order valence-electron chi connectivity index (χ3n) is 3.00. The van der Waals surface area contributed by atoms with Crippen LogP contribution in [0.2, 0.25) is 0 Å². The van der Waals surface area contributed by atoms with Gasteiger partial charge in [-0.2, -0.15) is 0 Å². The van der Waals surface area contributed by atoms with Gasteiger partial charge in [-0.1, -0.05) is 0 Å². The molecule has 0 aliphatic rings. The molecule has 0 fully saturated rings. The summed E-state index contributed by atoms with van der Waals surface area (Å²) in [5.41, 5.74) is 0.743. The number of aryl methyl sites for hydroxylation is 1. The summed E-state index contributed by atoms with van der Waals surface area (Å²) >= 11 is 0. The van der Waals surface area contributed by atoms with Crippen molar-refractivity contribution in [2.45, 2.75) is 25.8 Å². The first-order valence-electron chi connectivity index (χ1n) is 6.26. The zero-order valence-electron chi connectivity index (χ0n) is 10.7. The molecular formula is C13H15N5O. The van der Waals surface area contributed by atoms with Gasteiger partial charge in [-0.05, 0) is 25.5 Å². The van der Waals surface area contributed by atoms with Gasteiger partial charge in [-0.15, -0.1) is 10.2 Å². The molecular weight excluding hydrogens is 242 g/mol. The van der Waals surface area contributed by atoms with Crippen molar-refractivity contribution in [1.29, 1.82) is 0 Å². The van der Waals surface area contributed by atoms with Crippen molar-refractivity contribution in [1.82, 2.24) is 19.6 Å². The molecule has 3 rings (SSSR count). The normalized spacial score (nSPS) is 12.7. The van der Waals surface area contributed by atoms with E-state index in [1.165, 1.54) is 0 Å². The molecule has 98 valence electrons. The first-order valence-corrected chi connectivity index (χ1v) is 6.26. The van der Waals surface area contributed by atoms with Crippen LogP contribution >= 0.6 is 0 Å². The lowest BCUT2D eigenvalue weighted by atomic mass is 10.1. The molecule has 0 saturated carbocycles. The molecule has 0 bridgehead atoms. The van der Waals surface area contributed by atoms with E-state index in [1.54, 1.807) is 18.8 Å². The van der Waals surface area contributed by atoms with Crippen LogP contribution in [0.5, 0.6) is 0 Å². The van der Waals surface area contributed by atoms with E-state index in [0.717, 1.165) is 30.1 Å². The van der Waals surface area contributed by atoms with Crippen LogP contribution in [0.3, 0.4) is 0 Å². The maximum atomic E-state index is 5.32. The van der Waals surface area contributed by atoms with Crippen molar-refractivity contribution in [3.8, 4) is 0 Å². The van der Waals surface area contributed by atoms with Crippen LogP contribution in [0.25, 0.3) is 5.65 Å². The fourth-order valence-electron chi connectivity index (χ4n) is 1.98. The topological polar surface area (TPSA) is 68.2 Å². The van der Waals surface area contributed by atoms with Crippen molar-refractivity contribution in [2.75, 3.05) is 5.32 Å². The minimum atomic E-state index is 0.278. The first-order chi connectivity index (χ1) is 9.33. The Morgan fingerprint density at radius 3 is 3.26 bits per heavy atom. The minimum absolute atomic E-state index is 0.278. The summed E-state index contributed by atoms with van der Waals surface area (Å²) in [6.45, 7) is 2.12. The summed E-state index contributed by atoms with van der Waals surface area (Å²) in [4.78, 5) is 4.31. The predicted molar refractivity (Wildman–Crippen MR) is 70.9 cm³/mol. The zero-order valence-corrected chi connectivity index (χ0v) is 10.7. The smallest absolute Gasteiger partial charge is 0.203 e. The van der Waals surface area contributed by atoms with E-state index in [9.17, 15) is 0 Å². The standard InChI is InChI=1S/C13H15N5O/c1-10(4-5-11-3-2-8-19-11)16-12-13-17-15-9-18(13)7-6-14-12/h2-3,6-10H,4-5H2,1H3,(H,14,16). The number of hydrogen-bond donors (Lipinski definition) is 1. The van der Waals surface area contributed by atoms with Gasteiger partial charge in [0, 0.05) is 24.9 Å². The van der Waals surface area contributed by atoms with Gasteiger partial charge in [-0.25, -0.2) is 4.98 Å². The van der Waals surface area contributed by atoms with Gasteiger partial charge in [0.25, 0.3) is 0 Å². The molecule has 0 saturated heterocycles. The second kappa shape index (κ2) is 5.09. The van der Waals surface area contributed by atoms with E-state index in [1.807, 2.05) is 22.7 Å². The molecule has 0 radical (unpaired) electrons. The van der Waals surface area contributed by atoms with Crippen LogP contribution in [-0.4, -0.2) is 25.6 Å². The quantitative estimate of drug-likeness (QED) is 0.758. The highest BCUT2D eigenvalue weighted by atomic mass is 16.3. The number of nitrogens with one attached hydrogen (secondary N) is 1. The Morgan fingerprint density at radius 2 is 2.42 bits per heavy atom. The van der Waals surface area contributed by atoms with Gasteiger partial charge in [0.1, 0.15) is 12.1 Å². The molecule has 3 heterocycles. The lowest BCUT2D eigenvalue weighted by molar-refractivity contribution is 0.495. The molecule has 1 N–H and O–H groups in total. The highest BCUT2D eigenvalue weighted by molar-refractivity contribution is 5.61. The van der Waals surface area contributed by atoms with Crippen molar-refractivity contribution in [3.05, 3.63) is 42.9 Å². The van der Waals surface area contributed by atoms with E-state index < -0.39 is 0 Å². The van der Waals surface area contributed by atoms with Gasteiger partial charge in [0.15, 0.2) is 5.82 Å². The Kier molecular flexibility index (Phi) is 3.14. The molecule has 0 aromatic carbocycles. The van der Waals surface area contributed by atoms with Crippen LogP contribution in [0.4, 0.5) is 5.82 Å². The predicted octanol–water partition coefficient (Wildman–Crippen LogP) is 2.15. The Balaban J connectivity index is 1.65. The molecule has 1 atom stereocenters. The van der Waals surface area contributed by atoms with E-state index >= 15 is 0 Å². The van der Waals surface area contributed by atoms with Gasteiger partial charge in [0.2, 0.25) is 5.65 Å². The average molecular weight is 257 g/mol. The number of nitrogens with zero attached hydrogens (tertiary/aromatic N) is 4. The Labute approximate surface area is 110 Å². The summed E-state index contributed by atoms with van der Waals surface area (Å²) in [6, 6.07) is 4.18. The lowest BCUT2D eigenvalue weighted by Crippen LogP contribution is -2.17. The van der Waals surface area contributed by atoms with E-state index in [-0.39, 0.29) is 6.04 Å². The van der Waals surface area contributed by atoms with Crippen LogP contribution < -0.4 is 5.32 Å². The lowest BCUT2D eigenvalue weighted by Gasteiger charge is -2.13. The molecule has 0 spiro atoms. The van der Waals surface area contributed by atoms with Crippen LogP contribution in [0, 0.1) is 0 Å². The molecule has 19 heavy (non-hydrogen) atoms. The Morgan fingerprint density at radius 1 is 1.47 bits per heavy atom. The number of hydrogen-bond acceptors (Lipinski definition) is 5. The summed E-state index contributed by atoms with van der Waals surface area (Å²) < 4.78 is 7.16. The Bertz CT molecular complexity index is 646. The van der Waals surface area contributed by atoms with Crippen LogP contribution in [0.1, 0.15) is 19.1 Å². The molecule has 3 aromatic rings. The third kappa shape index (κ3) is 2.57. The summed E-state index contributed by atoms with van der Waals surface area (Å²) in [7, 11) is 0. The number of anilines is 1. The van der Waals surface area contributed by atoms with Crippen LogP contribution in [0.15, 0.2) is 41.5 Å². The van der Waals surface area contributed by atoms with Crippen molar-refractivity contribution in [2.24, 2.45) is 0 Å². The van der Waals surface area contributed by atoms with Gasteiger partial charge < -0.3 is 9.73 Å². The molecule has 6 heteroatoms. The molecule has 6 nitrogen and oxygen atoms in total. The van der Waals surface area contributed by atoms with E-state index in [2.05, 4.69) is 27.4 Å². The number of aromatic nitrogens is 4. The highest BCUT2D eigenvalue weighted by Crippen LogP contribution is 2.13. The average Bonchev–Trinajstić information content (AvgIpc) is 3.08. The number of furan rings is 1. The fraction of sp³-hybridized carbons (Fsp3) is 0.308. The van der Waals surface area contributed by atoms with E-state index in [4.69, 9.17) is 4.42 Å².